The van der Waals surface area contributed by atoms with Crippen LogP contribution in [0.3, 0.4) is 0 Å². The molecule has 0 radical (unpaired) electrons. The fourth-order valence-electron chi connectivity index (χ4n) is 7.76. The molecule has 6 nitrogen and oxygen atoms in total. The summed E-state index contributed by atoms with van der Waals surface area (Å²) >= 11 is 1.66. The zero-order valence-corrected chi connectivity index (χ0v) is 21.5. The molecule has 0 N–H and O–H groups in total. The van der Waals surface area contributed by atoms with Gasteiger partial charge in [-0.15, -0.1) is 11.3 Å². The molecule has 5 saturated carbocycles. The van der Waals surface area contributed by atoms with E-state index < -0.39 is 0 Å². The first-order chi connectivity index (χ1) is 17.5. The molecular weight excluding hydrogens is 472 g/mol. The maximum absolute atomic E-state index is 14.2. The third-order valence-electron chi connectivity index (χ3n) is 9.14. The van der Waals surface area contributed by atoms with Crippen molar-refractivity contribution in [3.63, 3.8) is 0 Å². The number of fused-ring (bicyclic) bond motifs is 1. The molecule has 1 aliphatic heterocycles. The summed E-state index contributed by atoms with van der Waals surface area (Å²) in [6.07, 6.45) is 9.15. The van der Waals surface area contributed by atoms with Crippen LogP contribution in [0.2, 0.25) is 0 Å². The van der Waals surface area contributed by atoms with Gasteiger partial charge >= 0.3 is 0 Å². The highest BCUT2D eigenvalue weighted by Crippen LogP contribution is 2.61. The second-order valence-corrected chi connectivity index (χ2v) is 12.9. The van der Waals surface area contributed by atoms with E-state index in [0.717, 1.165) is 71.8 Å². The van der Waals surface area contributed by atoms with Gasteiger partial charge in [-0.25, -0.2) is 0 Å². The average molecular weight is 507 g/mol. The van der Waals surface area contributed by atoms with Gasteiger partial charge in [0.05, 0.1) is 12.0 Å². The van der Waals surface area contributed by atoms with Crippen LogP contribution in [0.15, 0.2) is 35.7 Å². The summed E-state index contributed by atoms with van der Waals surface area (Å²) < 4.78 is 11.0. The Morgan fingerprint density at radius 3 is 2.33 bits per heavy atom. The molecule has 1 aromatic carbocycles. The van der Waals surface area contributed by atoms with Crippen LogP contribution in [-0.2, 0) is 22.7 Å². The van der Waals surface area contributed by atoms with Crippen molar-refractivity contribution in [2.75, 3.05) is 13.3 Å². The Kier molecular flexibility index (Phi) is 5.53. The molecule has 8 rings (SSSR count). The molecule has 0 spiro atoms. The zero-order valence-electron chi connectivity index (χ0n) is 20.7. The lowest BCUT2D eigenvalue weighted by molar-refractivity contribution is -0.161. The number of nitrogens with zero attached hydrogens (tertiary/aromatic N) is 2. The molecule has 190 valence electrons. The van der Waals surface area contributed by atoms with E-state index in [2.05, 4.69) is 6.07 Å². The number of hydrogen-bond acceptors (Lipinski definition) is 5. The van der Waals surface area contributed by atoms with Crippen molar-refractivity contribution in [2.45, 2.75) is 70.5 Å². The van der Waals surface area contributed by atoms with Crippen LogP contribution in [-0.4, -0.2) is 41.0 Å². The van der Waals surface area contributed by atoms with Gasteiger partial charge in [0, 0.05) is 17.5 Å². The van der Waals surface area contributed by atoms with Gasteiger partial charge < -0.3 is 19.3 Å². The van der Waals surface area contributed by atoms with Crippen molar-refractivity contribution >= 4 is 23.2 Å². The van der Waals surface area contributed by atoms with E-state index in [9.17, 15) is 9.59 Å². The van der Waals surface area contributed by atoms with Gasteiger partial charge in [-0.2, -0.15) is 0 Å². The lowest BCUT2D eigenvalue weighted by atomic mass is 9.49. The van der Waals surface area contributed by atoms with Gasteiger partial charge in [0.1, 0.15) is 6.54 Å². The first-order valence-corrected chi connectivity index (χ1v) is 14.4. The summed E-state index contributed by atoms with van der Waals surface area (Å²) in [6, 6.07) is 10.2. The van der Waals surface area contributed by atoms with Gasteiger partial charge in [-0.1, -0.05) is 12.1 Å². The van der Waals surface area contributed by atoms with Gasteiger partial charge in [0.25, 0.3) is 0 Å². The van der Waals surface area contributed by atoms with E-state index in [1.807, 2.05) is 39.4 Å². The zero-order chi connectivity index (χ0) is 24.3. The van der Waals surface area contributed by atoms with Gasteiger partial charge in [0.2, 0.25) is 18.6 Å². The summed E-state index contributed by atoms with van der Waals surface area (Å²) in [5, 5.41) is 2.05. The molecule has 0 unspecified atom stereocenters. The fraction of sp³-hybridized carbons (Fsp3) is 0.586. The lowest BCUT2D eigenvalue weighted by Gasteiger charge is -2.56. The largest absolute Gasteiger partial charge is 0.454 e. The second-order valence-electron chi connectivity index (χ2n) is 11.9. The van der Waals surface area contributed by atoms with Crippen LogP contribution in [0, 0.1) is 23.2 Å². The first-order valence-electron chi connectivity index (χ1n) is 13.5. The lowest BCUT2D eigenvalue weighted by Crippen LogP contribution is -2.56. The maximum Gasteiger partial charge on any atom is 0.242 e. The molecule has 4 bridgehead atoms. The molecular formula is C29H34N2O4S. The van der Waals surface area contributed by atoms with Crippen LogP contribution in [0.4, 0.5) is 0 Å². The van der Waals surface area contributed by atoms with Crippen molar-refractivity contribution in [1.82, 2.24) is 9.80 Å². The quantitative estimate of drug-likeness (QED) is 0.493. The summed E-state index contributed by atoms with van der Waals surface area (Å²) in [5.74, 6) is 3.96. The van der Waals surface area contributed by atoms with Crippen molar-refractivity contribution in [2.24, 2.45) is 23.2 Å². The van der Waals surface area contributed by atoms with E-state index in [1.165, 1.54) is 19.3 Å². The molecule has 1 aromatic heterocycles. The molecule has 7 heteroatoms. The Balaban J connectivity index is 1.11. The predicted octanol–water partition coefficient (Wildman–Crippen LogP) is 5.21. The monoisotopic (exact) mass is 506 g/mol. The third kappa shape index (κ3) is 4.19. The number of ether oxygens (including phenoxy) is 2. The fourth-order valence-corrected chi connectivity index (χ4v) is 8.48. The summed E-state index contributed by atoms with van der Waals surface area (Å²) in [7, 11) is 0. The standard InChI is InChI=1S/C29H34N2O4S/c32-27(30(16-24-2-1-7-36-24)15-19-3-6-25-26(11-19)35-18-34-25)17-31(23-4-5-23)28(33)29-12-20-8-21(13-29)10-22(9-20)14-29/h1-3,6-7,11,20-23H,4-5,8-10,12-18H2. The number of carbonyl (C=O) groups is 2. The smallest absolute Gasteiger partial charge is 0.242 e. The van der Waals surface area contributed by atoms with Crippen molar-refractivity contribution in [3.8, 4) is 11.5 Å². The van der Waals surface area contributed by atoms with E-state index in [0.29, 0.717) is 13.1 Å². The Bertz CT molecular complexity index is 1120. The van der Waals surface area contributed by atoms with E-state index in [1.54, 1.807) is 11.3 Å². The molecule has 6 aliphatic rings. The number of thiophene rings is 1. The van der Waals surface area contributed by atoms with Crippen LogP contribution < -0.4 is 9.47 Å². The Hall–Kier alpha value is -2.54. The molecule has 36 heavy (non-hydrogen) atoms. The van der Waals surface area contributed by atoms with E-state index >= 15 is 0 Å². The van der Waals surface area contributed by atoms with Crippen LogP contribution in [0.1, 0.15) is 61.8 Å². The minimum absolute atomic E-state index is 0.0334. The first kappa shape index (κ1) is 22.6. The van der Waals surface area contributed by atoms with Gasteiger partial charge in [0.15, 0.2) is 11.5 Å². The molecule has 5 fully saturated rings. The van der Waals surface area contributed by atoms with Crippen molar-refractivity contribution < 1.29 is 19.1 Å². The Morgan fingerprint density at radius 1 is 0.944 bits per heavy atom. The minimum atomic E-state index is -0.201. The average Bonchev–Trinajstić information content (AvgIpc) is 3.36. The second kappa shape index (κ2) is 8.79. The van der Waals surface area contributed by atoms with Crippen LogP contribution >= 0.6 is 11.3 Å². The number of benzene rings is 1. The Morgan fingerprint density at radius 2 is 1.67 bits per heavy atom. The van der Waals surface area contributed by atoms with Crippen molar-refractivity contribution in [1.29, 1.82) is 0 Å². The summed E-state index contributed by atoms with van der Waals surface area (Å²) in [6.45, 7) is 1.47. The topological polar surface area (TPSA) is 59.1 Å². The predicted molar refractivity (Wildman–Crippen MR) is 136 cm³/mol. The number of amides is 2. The molecule has 5 aliphatic carbocycles. The summed E-state index contributed by atoms with van der Waals surface area (Å²) in [5.41, 5.74) is 0.808. The normalized spacial score (nSPS) is 29.4. The summed E-state index contributed by atoms with van der Waals surface area (Å²) in [4.78, 5) is 33.1. The van der Waals surface area contributed by atoms with Crippen molar-refractivity contribution in [3.05, 3.63) is 46.2 Å². The highest BCUT2D eigenvalue weighted by Gasteiger charge is 2.56. The highest BCUT2D eigenvalue weighted by atomic mass is 32.1. The maximum atomic E-state index is 14.2. The molecule has 2 amide bonds. The van der Waals surface area contributed by atoms with Crippen LogP contribution in [0.25, 0.3) is 0 Å². The molecule has 2 aromatic rings. The molecule has 2 heterocycles. The van der Waals surface area contributed by atoms with E-state index in [4.69, 9.17) is 9.47 Å². The number of carbonyl (C=O) groups excluding carboxylic acids is 2. The number of hydrogen-bond donors (Lipinski definition) is 0. The molecule has 0 saturated heterocycles. The SMILES string of the molecule is O=C(CN(C(=O)C12CC3CC(CC(C3)C1)C2)C1CC1)N(Cc1ccc2c(c1)OCO2)Cc1cccs1. The molecule has 0 atom stereocenters. The third-order valence-corrected chi connectivity index (χ3v) is 10.00. The van der Waals surface area contributed by atoms with Crippen LogP contribution in [0.5, 0.6) is 11.5 Å². The van der Waals surface area contributed by atoms with E-state index in [-0.39, 0.29) is 36.6 Å². The Labute approximate surface area is 216 Å². The highest BCUT2D eigenvalue weighted by molar-refractivity contribution is 7.09. The number of rotatable bonds is 8. The van der Waals surface area contributed by atoms with Gasteiger partial charge in [-0.05, 0) is 98.3 Å². The minimum Gasteiger partial charge on any atom is -0.454 e. The van der Waals surface area contributed by atoms with Gasteiger partial charge in [-0.3, -0.25) is 9.59 Å².